The van der Waals surface area contributed by atoms with E-state index in [0.29, 0.717) is 5.56 Å². The zero-order chi connectivity index (χ0) is 12.6. The van der Waals surface area contributed by atoms with Crippen LogP contribution in [0.15, 0.2) is 24.3 Å². The molecule has 0 unspecified atom stereocenters. The topological polar surface area (TPSA) is 48.9 Å². The van der Waals surface area contributed by atoms with Crippen LogP contribution in [0.3, 0.4) is 0 Å². The van der Waals surface area contributed by atoms with E-state index in [9.17, 15) is 13.2 Å². The number of alkyl halides is 3. The lowest BCUT2D eigenvalue weighted by molar-refractivity contribution is -0.141. The monoisotopic (exact) mass is 242 g/mol. The Kier molecular flexibility index (Phi) is 2.57. The lowest BCUT2D eigenvalue weighted by atomic mass is 10.2. The molecule has 90 valence electrons. The Labute approximate surface area is 94.9 Å². The maximum absolute atomic E-state index is 12.5. The van der Waals surface area contributed by atoms with Gasteiger partial charge in [0.15, 0.2) is 0 Å². The minimum absolute atomic E-state index is 0.0491. The average Bonchev–Trinajstić information content (AvgIpc) is 2.61. The van der Waals surface area contributed by atoms with Crippen molar-refractivity contribution in [2.45, 2.75) is 13.1 Å². The molecule has 1 heterocycles. The molecule has 2 aromatic rings. The summed E-state index contributed by atoms with van der Waals surface area (Å²) in [7, 11) is 0. The highest BCUT2D eigenvalue weighted by molar-refractivity contribution is 5.57. The van der Waals surface area contributed by atoms with Crippen molar-refractivity contribution in [3.8, 4) is 17.1 Å². The number of phenols is 1. The van der Waals surface area contributed by atoms with Gasteiger partial charge in [0.25, 0.3) is 0 Å². The summed E-state index contributed by atoms with van der Waals surface area (Å²) < 4.78 is 37.6. The van der Waals surface area contributed by atoms with Crippen molar-refractivity contribution >= 4 is 0 Å². The number of nitrogens with zero attached hydrogens (tertiary/aromatic N) is 1. The van der Waals surface area contributed by atoms with E-state index in [1.165, 1.54) is 31.2 Å². The zero-order valence-electron chi connectivity index (χ0n) is 8.84. The average molecular weight is 242 g/mol. The molecule has 0 amide bonds. The summed E-state index contributed by atoms with van der Waals surface area (Å²) in [5.41, 5.74) is -0.456. The predicted octanol–water partition coefficient (Wildman–Crippen LogP) is 3.11. The molecule has 0 aliphatic rings. The zero-order valence-corrected chi connectivity index (χ0v) is 8.84. The summed E-state index contributed by atoms with van der Waals surface area (Å²) >= 11 is 0. The van der Waals surface area contributed by atoms with Gasteiger partial charge in [-0.1, -0.05) is 0 Å². The number of aromatic amines is 1. The SMILES string of the molecule is Cc1nc(-c2ccc(O)cc2)[nH]c1C(F)(F)F. The van der Waals surface area contributed by atoms with Gasteiger partial charge in [-0.3, -0.25) is 0 Å². The van der Waals surface area contributed by atoms with E-state index in [1.54, 1.807) is 0 Å². The fourth-order valence-electron chi connectivity index (χ4n) is 1.49. The van der Waals surface area contributed by atoms with E-state index in [2.05, 4.69) is 9.97 Å². The van der Waals surface area contributed by atoms with Crippen LogP contribution in [0.2, 0.25) is 0 Å². The molecular weight excluding hydrogens is 233 g/mol. The van der Waals surface area contributed by atoms with E-state index in [1.807, 2.05) is 0 Å². The number of imidazole rings is 1. The Balaban J connectivity index is 2.45. The van der Waals surface area contributed by atoms with Crippen LogP contribution in [0, 0.1) is 6.92 Å². The number of nitrogens with one attached hydrogen (secondary N) is 1. The largest absolute Gasteiger partial charge is 0.508 e. The molecule has 0 saturated carbocycles. The molecule has 0 saturated heterocycles. The summed E-state index contributed by atoms with van der Waals surface area (Å²) in [6.07, 6.45) is -4.44. The van der Waals surface area contributed by atoms with Gasteiger partial charge in [0, 0.05) is 5.56 Å². The lowest BCUT2D eigenvalue weighted by Crippen LogP contribution is -2.07. The molecule has 0 spiro atoms. The van der Waals surface area contributed by atoms with Crippen molar-refractivity contribution in [2.24, 2.45) is 0 Å². The summed E-state index contributed by atoms with van der Waals surface area (Å²) in [4.78, 5) is 6.06. The van der Waals surface area contributed by atoms with Crippen LogP contribution in [0.1, 0.15) is 11.4 Å². The minimum Gasteiger partial charge on any atom is -0.508 e. The van der Waals surface area contributed by atoms with Crippen molar-refractivity contribution in [3.05, 3.63) is 35.7 Å². The molecule has 0 fully saturated rings. The number of H-pyrrole nitrogens is 1. The number of halogens is 3. The Morgan fingerprint density at radius 1 is 1.18 bits per heavy atom. The maximum Gasteiger partial charge on any atom is 0.433 e. The fourth-order valence-corrected chi connectivity index (χ4v) is 1.49. The van der Waals surface area contributed by atoms with Crippen molar-refractivity contribution < 1.29 is 18.3 Å². The van der Waals surface area contributed by atoms with Crippen molar-refractivity contribution in [3.63, 3.8) is 0 Å². The number of aromatic hydroxyl groups is 1. The van der Waals surface area contributed by atoms with E-state index in [0.717, 1.165) is 0 Å². The van der Waals surface area contributed by atoms with Crippen molar-refractivity contribution in [1.82, 2.24) is 9.97 Å². The highest BCUT2D eigenvalue weighted by Gasteiger charge is 2.35. The Morgan fingerprint density at radius 2 is 1.76 bits per heavy atom. The normalized spacial score (nSPS) is 11.8. The van der Waals surface area contributed by atoms with Gasteiger partial charge in [0.1, 0.15) is 17.3 Å². The molecule has 6 heteroatoms. The summed E-state index contributed by atoms with van der Waals surface area (Å²) in [6, 6.07) is 5.77. The summed E-state index contributed by atoms with van der Waals surface area (Å²) in [5, 5.41) is 9.08. The molecule has 2 N–H and O–H groups in total. The standard InChI is InChI=1S/C11H9F3N2O/c1-6-9(11(12,13)14)16-10(15-6)7-2-4-8(17)5-3-7/h2-5,17H,1H3,(H,15,16). The highest BCUT2D eigenvalue weighted by Crippen LogP contribution is 2.32. The second-order valence-electron chi connectivity index (χ2n) is 3.59. The number of aromatic nitrogens is 2. The van der Waals surface area contributed by atoms with Gasteiger partial charge in [-0.15, -0.1) is 0 Å². The van der Waals surface area contributed by atoms with Gasteiger partial charge < -0.3 is 10.1 Å². The third kappa shape index (κ3) is 2.25. The minimum atomic E-state index is -4.44. The predicted molar refractivity (Wildman–Crippen MR) is 55.4 cm³/mol. The molecule has 1 aromatic heterocycles. The molecule has 0 aliphatic carbocycles. The molecule has 0 bridgehead atoms. The van der Waals surface area contributed by atoms with E-state index in [-0.39, 0.29) is 17.3 Å². The van der Waals surface area contributed by atoms with Gasteiger partial charge in [0.2, 0.25) is 0 Å². The van der Waals surface area contributed by atoms with Gasteiger partial charge >= 0.3 is 6.18 Å². The van der Waals surface area contributed by atoms with Crippen LogP contribution in [-0.2, 0) is 6.18 Å². The first-order valence-electron chi connectivity index (χ1n) is 4.81. The third-order valence-electron chi connectivity index (χ3n) is 2.31. The molecule has 2 rings (SSSR count). The van der Waals surface area contributed by atoms with Crippen molar-refractivity contribution in [1.29, 1.82) is 0 Å². The Morgan fingerprint density at radius 3 is 2.24 bits per heavy atom. The molecule has 0 aliphatic heterocycles. The molecule has 0 atom stereocenters. The van der Waals surface area contributed by atoms with Crippen LogP contribution in [0.5, 0.6) is 5.75 Å². The first-order valence-corrected chi connectivity index (χ1v) is 4.81. The van der Waals surface area contributed by atoms with Crippen molar-refractivity contribution in [2.75, 3.05) is 0 Å². The number of phenolic OH excluding ortho intramolecular Hbond substituents is 1. The second-order valence-corrected chi connectivity index (χ2v) is 3.59. The van der Waals surface area contributed by atoms with Gasteiger partial charge in [0.05, 0.1) is 5.69 Å². The van der Waals surface area contributed by atoms with Crippen LogP contribution in [0.25, 0.3) is 11.4 Å². The highest BCUT2D eigenvalue weighted by atomic mass is 19.4. The van der Waals surface area contributed by atoms with Gasteiger partial charge in [-0.25, -0.2) is 4.98 Å². The first kappa shape index (κ1) is 11.5. The number of hydrogen-bond acceptors (Lipinski definition) is 2. The van der Waals surface area contributed by atoms with Crippen LogP contribution >= 0.6 is 0 Å². The lowest BCUT2D eigenvalue weighted by Gasteiger charge is -2.03. The maximum atomic E-state index is 12.5. The number of rotatable bonds is 1. The number of benzene rings is 1. The fraction of sp³-hybridized carbons (Fsp3) is 0.182. The third-order valence-corrected chi connectivity index (χ3v) is 2.31. The van der Waals surface area contributed by atoms with E-state index >= 15 is 0 Å². The van der Waals surface area contributed by atoms with Crippen LogP contribution < -0.4 is 0 Å². The summed E-state index contributed by atoms with van der Waals surface area (Å²) in [5.74, 6) is 0.183. The first-order chi connectivity index (χ1) is 7.88. The molecule has 1 aromatic carbocycles. The smallest absolute Gasteiger partial charge is 0.433 e. The summed E-state index contributed by atoms with van der Waals surface area (Å²) in [6.45, 7) is 1.29. The Hall–Kier alpha value is -1.98. The molecule has 0 radical (unpaired) electrons. The second kappa shape index (κ2) is 3.80. The van der Waals surface area contributed by atoms with E-state index < -0.39 is 11.9 Å². The van der Waals surface area contributed by atoms with Crippen LogP contribution in [-0.4, -0.2) is 15.1 Å². The van der Waals surface area contributed by atoms with Crippen LogP contribution in [0.4, 0.5) is 13.2 Å². The molecular formula is C11H9F3N2O. The number of aryl methyl sites for hydroxylation is 1. The molecule has 3 nitrogen and oxygen atoms in total. The molecule has 17 heavy (non-hydrogen) atoms. The number of hydrogen-bond donors (Lipinski definition) is 2. The quantitative estimate of drug-likeness (QED) is 0.807. The van der Waals surface area contributed by atoms with Gasteiger partial charge in [-0.05, 0) is 31.2 Å². The van der Waals surface area contributed by atoms with Gasteiger partial charge in [-0.2, -0.15) is 13.2 Å². The van der Waals surface area contributed by atoms with E-state index in [4.69, 9.17) is 5.11 Å². The Bertz CT molecular complexity index is 529.